The molecule has 0 aliphatic heterocycles. The van der Waals surface area contributed by atoms with Crippen LogP contribution < -0.4 is 10.1 Å². The molecular weight excluding hydrogens is 340 g/mol. The van der Waals surface area contributed by atoms with Crippen LogP contribution in [0.3, 0.4) is 0 Å². The van der Waals surface area contributed by atoms with Crippen LogP contribution in [0.25, 0.3) is 0 Å². The van der Waals surface area contributed by atoms with E-state index in [0.717, 1.165) is 5.56 Å². The van der Waals surface area contributed by atoms with E-state index in [9.17, 15) is 10.0 Å². The lowest BCUT2D eigenvalue weighted by atomic mass is 10.0. The molecular formula is C22H20N2O3. The van der Waals surface area contributed by atoms with Crippen LogP contribution in [0.1, 0.15) is 27.0 Å². The van der Waals surface area contributed by atoms with Crippen molar-refractivity contribution < 1.29 is 14.7 Å². The van der Waals surface area contributed by atoms with Crippen LogP contribution in [0.5, 0.6) is 5.75 Å². The van der Waals surface area contributed by atoms with Gasteiger partial charge < -0.3 is 15.3 Å². The first kappa shape index (κ1) is 18.2. The number of methoxy groups -OCH3 is 1. The zero-order valence-corrected chi connectivity index (χ0v) is 15.1. The minimum atomic E-state index is -0.227. The first-order chi connectivity index (χ1) is 13.1. The zero-order chi connectivity index (χ0) is 19.2. The van der Waals surface area contributed by atoms with Crippen molar-refractivity contribution in [2.75, 3.05) is 12.4 Å². The fraction of sp³-hybridized carbons (Fsp3) is 0.0909. The van der Waals surface area contributed by atoms with Gasteiger partial charge in [0.05, 0.1) is 12.8 Å². The number of carbonyl (C=O) groups is 1. The second kappa shape index (κ2) is 8.19. The van der Waals surface area contributed by atoms with E-state index in [0.29, 0.717) is 33.8 Å². The lowest BCUT2D eigenvalue weighted by Gasteiger charge is -2.13. The minimum Gasteiger partial charge on any atom is -0.497 e. The Hall–Kier alpha value is -3.60. The summed E-state index contributed by atoms with van der Waals surface area (Å²) >= 11 is 0. The van der Waals surface area contributed by atoms with Crippen LogP contribution in [0.15, 0.2) is 78.0 Å². The number of para-hydroxylation sites is 1. The molecule has 5 heteroatoms. The SMILES string of the molecule is COc1ccc(C(=NO)c2ccccc2NC(=O)c2ccc(C)cc2)cc1. The summed E-state index contributed by atoms with van der Waals surface area (Å²) < 4.78 is 5.16. The standard InChI is InChI=1S/C22H20N2O3/c1-15-7-9-17(10-8-15)22(25)23-20-6-4-3-5-19(20)21(24-26)16-11-13-18(27-2)14-12-16/h3-14,26H,1-2H3,(H,23,25). The van der Waals surface area contributed by atoms with Crippen LogP contribution in [0.2, 0.25) is 0 Å². The summed E-state index contributed by atoms with van der Waals surface area (Å²) in [5.41, 5.74) is 3.88. The molecule has 0 unspecified atom stereocenters. The van der Waals surface area contributed by atoms with Crippen LogP contribution >= 0.6 is 0 Å². The van der Waals surface area contributed by atoms with Crippen molar-refractivity contribution >= 4 is 17.3 Å². The Morgan fingerprint density at radius 3 is 2.19 bits per heavy atom. The fourth-order valence-corrected chi connectivity index (χ4v) is 2.71. The van der Waals surface area contributed by atoms with E-state index in [1.54, 1.807) is 55.6 Å². The molecule has 0 aromatic heterocycles. The number of amides is 1. The number of oxime groups is 1. The molecule has 0 radical (unpaired) electrons. The highest BCUT2D eigenvalue weighted by Crippen LogP contribution is 2.22. The minimum absolute atomic E-state index is 0.227. The highest BCUT2D eigenvalue weighted by Gasteiger charge is 2.15. The first-order valence-corrected chi connectivity index (χ1v) is 8.46. The quantitative estimate of drug-likeness (QED) is 0.400. The van der Waals surface area contributed by atoms with Gasteiger partial charge in [-0.2, -0.15) is 0 Å². The smallest absolute Gasteiger partial charge is 0.255 e. The Balaban J connectivity index is 1.92. The van der Waals surface area contributed by atoms with Crippen molar-refractivity contribution in [1.29, 1.82) is 0 Å². The van der Waals surface area contributed by atoms with E-state index in [2.05, 4.69) is 10.5 Å². The van der Waals surface area contributed by atoms with E-state index in [4.69, 9.17) is 4.74 Å². The van der Waals surface area contributed by atoms with Gasteiger partial charge in [-0.15, -0.1) is 0 Å². The van der Waals surface area contributed by atoms with Crippen LogP contribution in [-0.2, 0) is 0 Å². The largest absolute Gasteiger partial charge is 0.497 e. The third-order valence-electron chi connectivity index (χ3n) is 4.21. The Morgan fingerprint density at radius 2 is 1.56 bits per heavy atom. The monoisotopic (exact) mass is 360 g/mol. The average molecular weight is 360 g/mol. The third-order valence-corrected chi connectivity index (χ3v) is 4.21. The van der Waals surface area contributed by atoms with Gasteiger partial charge in [-0.1, -0.05) is 41.1 Å². The molecule has 27 heavy (non-hydrogen) atoms. The van der Waals surface area contributed by atoms with Gasteiger partial charge in [0, 0.05) is 16.7 Å². The number of nitrogens with one attached hydrogen (secondary N) is 1. The molecule has 0 bridgehead atoms. The summed E-state index contributed by atoms with van der Waals surface area (Å²) in [6.45, 7) is 1.97. The summed E-state index contributed by atoms with van der Waals surface area (Å²) in [5, 5.41) is 16.0. The molecule has 136 valence electrons. The van der Waals surface area contributed by atoms with Crippen molar-refractivity contribution in [1.82, 2.24) is 0 Å². The third kappa shape index (κ3) is 4.15. The summed E-state index contributed by atoms with van der Waals surface area (Å²) in [5.74, 6) is 0.478. The molecule has 3 aromatic carbocycles. The van der Waals surface area contributed by atoms with E-state index < -0.39 is 0 Å². The second-order valence-corrected chi connectivity index (χ2v) is 6.04. The normalized spacial score (nSPS) is 11.1. The molecule has 5 nitrogen and oxygen atoms in total. The number of benzene rings is 3. The van der Waals surface area contributed by atoms with E-state index in [1.807, 2.05) is 31.2 Å². The van der Waals surface area contributed by atoms with E-state index in [1.165, 1.54) is 0 Å². The van der Waals surface area contributed by atoms with E-state index in [-0.39, 0.29) is 5.91 Å². The molecule has 0 saturated heterocycles. The average Bonchev–Trinajstić information content (AvgIpc) is 2.71. The number of hydrogen-bond acceptors (Lipinski definition) is 4. The first-order valence-electron chi connectivity index (χ1n) is 8.46. The molecule has 0 aliphatic carbocycles. The van der Waals surface area contributed by atoms with Gasteiger partial charge in [0.1, 0.15) is 11.5 Å². The predicted octanol–water partition coefficient (Wildman–Crippen LogP) is 4.48. The fourth-order valence-electron chi connectivity index (χ4n) is 2.71. The number of anilines is 1. The molecule has 0 heterocycles. The highest BCUT2D eigenvalue weighted by atomic mass is 16.5. The Bertz CT molecular complexity index is 962. The van der Waals surface area contributed by atoms with Crippen LogP contribution in [0, 0.1) is 6.92 Å². The van der Waals surface area contributed by atoms with Gasteiger partial charge in [0.2, 0.25) is 0 Å². The number of aryl methyl sites for hydroxylation is 1. The molecule has 3 rings (SSSR count). The number of ether oxygens (including phenoxy) is 1. The van der Waals surface area contributed by atoms with Gasteiger partial charge in [0.25, 0.3) is 5.91 Å². The van der Waals surface area contributed by atoms with Gasteiger partial charge in [-0.3, -0.25) is 4.79 Å². The maximum atomic E-state index is 12.6. The van der Waals surface area contributed by atoms with Crippen LogP contribution in [0.4, 0.5) is 5.69 Å². The summed E-state index contributed by atoms with van der Waals surface area (Å²) in [7, 11) is 1.59. The Kier molecular flexibility index (Phi) is 5.52. The Morgan fingerprint density at radius 1 is 0.926 bits per heavy atom. The maximum absolute atomic E-state index is 12.6. The van der Waals surface area contributed by atoms with Crippen molar-refractivity contribution in [3.05, 3.63) is 95.1 Å². The van der Waals surface area contributed by atoms with Gasteiger partial charge in [-0.25, -0.2) is 0 Å². The Labute approximate surface area is 157 Å². The molecule has 0 saturated carbocycles. The summed E-state index contributed by atoms with van der Waals surface area (Å²) in [6.07, 6.45) is 0. The topological polar surface area (TPSA) is 70.9 Å². The van der Waals surface area contributed by atoms with Crippen molar-refractivity contribution in [3.8, 4) is 5.75 Å². The second-order valence-electron chi connectivity index (χ2n) is 6.04. The lowest BCUT2D eigenvalue weighted by molar-refractivity contribution is 0.102. The molecule has 1 amide bonds. The van der Waals surface area contributed by atoms with Gasteiger partial charge in [-0.05, 0) is 49.4 Å². The van der Waals surface area contributed by atoms with E-state index >= 15 is 0 Å². The van der Waals surface area contributed by atoms with Crippen molar-refractivity contribution in [2.45, 2.75) is 6.92 Å². The van der Waals surface area contributed by atoms with Gasteiger partial charge in [0.15, 0.2) is 0 Å². The van der Waals surface area contributed by atoms with Crippen LogP contribution in [-0.4, -0.2) is 23.9 Å². The predicted molar refractivity (Wildman–Crippen MR) is 106 cm³/mol. The number of nitrogens with zero attached hydrogens (tertiary/aromatic N) is 1. The summed E-state index contributed by atoms with van der Waals surface area (Å²) in [6, 6.07) is 21.7. The molecule has 0 spiro atoms. The maximum Gasteiger partial charge on any atom is 0.255 e. The molecule has 2 N–H and O–H groups in total. The highest BCUT2D eigenvalue weighted by molar-refractivity contribution is 6.17. The summed E-state index contributed by atoms with van der Waals surface area (Å²) in [4.78, 5) is 12.6. The lowest BCUT2D eigenvalue weighted by Crippen LogP contribution is -2.15. The number of carbonyl (C=O) groups excluding carboxylic acids is 1. The zero-order valence-electron chi connectivity index (χ0n) is 15.1. The number of rotatable bonds is 5. The van der Waals surface area contributed by atoms with Gasteiger partial charge >= 0.3 is 0 Å². The van der Waals surface area contributed by atoms with Crippen molar-refractivity contribution in [2.24, 2.45) is 5.16 Å². The molecule has 3 aromatic rings. The van der Waals surface area contributed by atoms with Crippen molar-refractivity contribution in [3.63, 3.8) is 0 Å². The molecule has 0 fully saturated rings. The molecule has 0 aliphatic rings. The number of hydrogen-bond donors (Lipinski definition) is 2. The molecule has 0 atom stereocenters.